The fourth-order valence-corrected chi connectivity index (χ4v) is 4.58. The minimum Gasteiger partial charge on any atom is -0.377 e. The Bertz CT molecular complexity index is 667. The van der Waals surface area contributed by atoms with E-state index in [1.807, 2.05) is 17.0 Å². The molecule has 1 atom stereocenters. The van der Waals surface area contributed by atoms with Gasteiger partial charge in [0.15, 0.2) is 0 Å². The van der Waals surface area contributed by atoms with Crippen molar-refractivity contribution in [1.82, 2.24) is 9.88 Å². The number of nitrogens with zero attached hydrogens (tertiary/aromatic N) is 2. The summed E-state index contributed by atoms with van der Waals surface area (Å²) in [5.74, 6) is 0.768. The minimum absolute atomic E-state index is 0.114. The monoisotopic (exact) mass is 370 g/mol. The quantitative estimate of drug-likeness (QED) is 0.545. The second kappa shape index (κ2) is 8.53. The van der Waals surface area contributed by atoms with Crippen molar-refractivity contribution in [1.29, 1.82) is 0 Å². The number of likely N-dealkylation sites (tertiary alicyclic amines) is 1. The van der Waals surface area contributed by atoms with Crippen LogP contribution in [0, 0.1) is 5.92 Å². The van der Waals surface area contributed by atoms with Crippen LogP contribution in [0.25, 0.3) is 0 Å². The van der Waals surface area contributed by atoms with Crippen molar-refractivity contribution >= 4 is 5.91 Å². The smallest absolute Gasteiger partial charge is 0.226 e. The molecule has 1 aromatic rings. The predicted octanol–water partition coefficient (Wildman–Crippen LogP) is 3.50. The van der Waals surface area contributed by atoms with Gasteiger partial charge in [-0.2, -0.15) is 0 Å². The van der Waals surface area contributed by atoms with E-state index in [0.717, 1.165) is 57.6 Å². The lowest BCUT2D eigenvalue weighted by Crippen LogP contribution is -2.66. The molecular weight excluding hydrogens is 340 g/mol. The van der Waals surface area contributed by atoms with E-state index in [2.05, 4.69) is 11.1 Å². The molecule has 2 fully saturated rings. The molecule has 1 aliphatic carbocycles. The normalized spacial score (nSPS) is 23.9. The van der Waals surface area contributed by atoms with Gasteiger partial charge in [-0.15, -0.1) is 0 Å². The maximum atomic E-state index is 12.6. The molecule has 0 saturated carbocycles. The van der Waals surface area contributed by atoms with Gasteiger partial charge >= 0.3 is 0 Å². The highest BCUT2D eigenvalue weighted by molar-refractivity contribution is 5.80. The van der Waals surface area contributed by atoms with Gasteiger partial charge in [-0.25, -0.2) is 0 Å². The zero-order valence-corrected chi connectivity index (χ0v) is 16.1. The Morgan fingerprint density at radius 1 is 1.30 bits per heavy atom. The first-order valence-corrected chi connectivity index (χ1v) is 10.3. The van der Waals surface area contributed by atoms with Crippen LogP contribution in [0.15, 0.2) is 36.2 Å². The van der Waals surface area contributed by atoms with E-state index < -0.39 is 0 Å². The first-order chi connectivity index (χ1) is 13.3. The lowest BCUT2D eigenvalue weighted by atomic mass is 9.78. The minimum atomic E-state index is -0.114. The molecule has 1 spiro atoms. The van der Waals surface area contributed by atoms with Crippen LogP contribution in [0.1, 0.15) is 50.5 Å². The third-order valence-corrected chi connectivity index (χ3v) is 6.26. The van der Waals surface area contributed by atoms with Crippen molar-refractivity contribution in [3.63, 3.8) is 0 Å². The van der Waals surface area contributed by atoms with Crippen molar-refractivity contribution in [3.8, 4) is 0 Å². The van der Waals surface area contributed by atoms with E-state index >= 15 is 0 Å². The molecule has 0 radical (unpaired) electrons. The Balaban J connectivity index is 1.21. The van der Waals surface area contributed by atoms with E-state index in [1.54, 1.807) is 12.4 Å². The summed E-state index contributed by atoms with van der Waals surface area (Å²) in [4.78, 5) is 18.6. The molecule has 1 aromatic heterocycles. The largest absolute Gasteiger partial charge is 0.377 e. The topological polar surface area (TPSA) is 51.7 Å². The number of allylic oxidation sites excluding steroid dienone is 1. The molecule has 146 valence electrons. The summed E-state index contributed by atoms with van der Waals surface area (Å²) < 4.78 is 11.9. The fourth-order valence-electron chi connectivity index (χ4n) is 4.58. The van der Waals surface area contributed by atoms with Gasteiger partial charge in [0, 0.05) is 32.0 Å². The summed E-state index contributed by atoms with van der Waals surface area (Å²) in [6, 6.07) is 3.97. The van der Waals surface area contributed by atoms with Crippen LogP contribution < -0.4 is 0 Å². The van der Waals surface area contributed by atoms with E-state index in [-0.39, 0.29) is 11.5 Å². The first kappa shape index (κ1) is 18.6. The molecule has 5 heteroatoms. The molecule has 3 aliphatic rings. The maximum Gasteiger partial charge on any atom is 0.226 e. The van der Waals surface area contributed by atoms with Crippen LogP contribution in [0.5, 0.6) is 0 Å². The number of carbonyl (C=O) groups is 1. The molecule has 3 heterocycles. The maximum absolute atomic E-state index is 12.6. The summed E-state index contributed by atoms with van der Waals surface area (Å²) >= 11 is 0. The number of hydrogen-bond donors (Lipinski definition) is 0. The van der Waals surface area contributed by atoms with Crippen LogP contribution in [-0.4, -0.2) is 47.7 Å². The highest BCUT2D eigenvalue weighted by Gasteiger charge is 2.53. The SMILES string of the molecule is O=C(CC1=CCCCC1)N1CC2(C1)OCCC2CCOCc1ccncc1. The van der Waals surface area contributed by atoms with Gasteiger partial charge in [0.2, 0.25) is 5.91 Å². The summed E-state index contributed by atoms with van der Waals surface area (Å²) in [7, 11) is 0. The Labute approximate surface area is 161 Å². The van der Waals surface area contributed by atoms with E-state index in [0.29, 0.717) is 18.9 Å². The average Bonchev–Trinajstić information content (AvgIpc) is 3.10. The van der Waals surface area contributed by atoms with Crippen LogP contribution in [-0.2, 0) is 20.9 Å². The third kappa shape index (κ3) is 4.41. The molecule has 0 N–H and O–H groups in total. The first-order valence-electron chi connectivity index (χ1n) is 10.3. The van der Waals surface area contributed by atoms with Gasteiger partial charge < -0.3 is 14.4 Å². The van der Waals surface area contributed by atoms with E-state index in [4.69, 9.17) is 9.47 Å². The number of ether oxygens (including phenoxy) is 2. The van der Waals surface area contributed by atoms with Crippen LogP contribution in [0.2, 0.25) is 0 Å². The number of aromatic nitrogens is 1. The highest BCUT2D eigenvalue weighted by Crippen LogP contribution is 2.42. The average molecular weight is 370 g/mol. The Hall–Kier alpha value is -1.72. The molecule has 1 amide bonds. The van der Waals surface area contributed by atoms with Gasteiger partial charge in [0.1, 0.15) is 5.60 Å². The van der Waals surface area contributed by atoms with Crippen molar-refractivity contribution in [2.75, 3.05) is 26.3 Å². The number of rotatable bonds is 7. The predicted molar refractivity (Wildman–Crippen MR) is 103 cm³/mol. The fraction of sp³-hybridized carbons (Fsp3) is 0.636. The summed E-state index contributed by atoms with van der Waals surface area (Å²) in [6.45, 7) is 3.69. The molecule has 27 heavy (non-hydrogen) atoms. The number of hydrogen-bond acceptors (Lipinski definition) is 4. The Kier molecular flexibility index (Phi) is 5.89. The standard InChI is InChI=1S/C22H30N2O3/c25-21(14-18-4-2-1-3-5-18)24-16-22(17-24)20(9-13-27-22)8-12-26-15-19-6-10-23-11-7-19/h4,6-7,10-11,20H,1-3,5,8-9,12-17H2. The molecule has 1 unspecified atom stereocenters. The summed E-state index contributed by atoms with van der Waals surface area (Å²) in [6.07, 6.45) is 13.3. The lowest BCUT2D eigenvalue weighted by molar-refractivity contribution is -0.165. The van der Waals surface area contributed by atoms with Crippen LogP contribution in [0.4, 0.5) is 0 Å². The molecule has 0 aromatic carbocycles. The molecule has 4 rings (SSSR count). The summed E-state index contributed by atoms with van der Waals surface area (Å²) in [5.41, 5.74) is 2.37. The van der Waals surface area contributed by atoms with Crippen molar-refractivity contribution < 1.29 is 14.3 Å². The molecular formula is C22H30N2O3. The van der Waals surface area contributed by atoms with E-state index in [1.165, 1.54) is 18.4 Å². The zero-order valence-electron chi connectivity index (χ0n) is 16.1. The highest BCUT2D eigenvalue weighted by atomic mass is 16.5. The van der Waals surface area contributed by atoms with Crippen molar-refractivity contribution in [2.45, 2.75) is 57.2 Å². The summed E-state index contributed by atoms with van der Waals surface area (Å²) in [5, 5.41) is 0. The van der Waals surface area contributed by atoms with Gasteiger partial charge in [-0.1, -0.05) is 11.6 Å². The van der Waals surface area contributed by atoms with Gasteiger partial charge in [-0.3, -0.25) is 9.78 Å². The number of pyridine rings is 1. The van der Waals surface area contributed by atoms with Crippen LogP contribution >= 0.6 is 0 Å². The second-order valence-corrected chi connectivity index (χ2v) is 8.13. The van der Waals surface area contributed by atoms with Crippen molar-refractivity contribution in [2.24, 2.45) is 5.92 Å². The van der Waals surface area contributed by atoms with E-state index in [9.17, 15) is 4.79 Å². The molecule has 0 bridgehead atoms. The number of carbonyl (C=O) groups excluding carboxylic acids is 1. The zero-order chi connectivity index (χ0) is 18.5. The van der Waals surface area contributed by atoms with Gasteiger partial charge in [-0.05, 0) is 62.1 Å². The third-order valence-electron chi connectivity index (χ3n) is 6.26. The lowest BCUT2D eigenvalue weighted by Gasteiger charge is -2.50. The van der Waals surface area contributed by atoms with Gasteiger partial charge in [0.25, 0.3) is 0 Å². The van der Waals surface area contributed by atoms with Gasteiger partial charge in [0.05, 0.1) is 19.7 Å². The Morgan fingerprint density at radius 2 is 2.15 bits per heavy atom. The molecule has 5 nitrogen and oxygen atoms in total. The molecule has 2 aliphatic heterocycles. The Morgan fingerprint density at radius 3 is 2.93 bits per heavy atom. The second-order valence-electron chi connectivity index (χ2n) is 8.13. The molecule has 2 saturated heterocycles. The number of amides is 1. The van der Waals surface area contributed by atoms with Crippen molar-refractivity contribution in [3.05, 3.63) is 41.7 Å². The van der Waals surface area contributed by atoms with Crippen LogP contribution in [0.3, 0.4) is 0 Å².